The van der Waals surface area contributed by atoms with E-state index in [1.165, 1.54) is 0 Å². The first kappa shape index (κ1) is 60.6. The second-order valence-corrected chi connectivity index (χ2v) is 52.2. The number of thioether (sulfide) groups is 1. The van der Waals surface area contributed by atoms with Gasteiger partial charge in [0.2, 0.25) is 0 Å². The van der Waals surface area contributed by atoms with Crippen LogP contribution in [0.4, 0.5) is 0 Å². The second kappa shape index (κ2) is 21.8. The smallest absolute Gasteiger partial charge is 0.192 e. The van der Waals surface area contributed by atoms with E-state index in [1.54, 1.807) is 11.8 Å². The van der Waals surface area contributed by atoms with Gasteiger partial charge in [0.05, 0.1) is 19.3 Å². The van der Waals surface area contributed by atoms with Gasteiger partial charge in [0.25, 0.3) is 0 Å². The predicted molar refractivity (Wildman–Crippen MR) is 292 cm³/mol. The van der Waals surface area contributed by atoms with Crippen molar-refractivity contribution in [2.24, 2.45) is 0 Å². The standard InChI is InChI=1S/C51H102O9SSi5/c1-28-61-46-44(42(59-65(24,25)50(12,13)14)40(57-63(20,21)48(6,7)8)38(55-46)35-53-62(18,19)47(3,4)5)56-45-43(60-66(26,27)51(15,16)17)41(58-64(22,23)49(9,10)11)39(36(2)54-45)52-34-37-32-30-29-31-33-37/h29-33,36,38-46H,28,34-35H2,1-27H3/t36-,38+,39-,40+,41+,42-,43+,44+,45-,46-/m0/s1. The summed E-state index contributed by atoms with van der Waals surface area (Å²) in [6.07, 6.45) is -4.67. The maximum Gasteiger partial charge on any atom is 0.192 e. The van der Waals surface area contributed by atoms with Gasteiger partial charge < -0.3 is 41.1 Å². The van der Waals surface area contributed by atoms with Crippen molar-refractivity contribution < 1.29 is 41.1 Å². The molecule has 15 heteroatoms. The van der Waals surface area contributed by atoms with Crippen LogP contribution in [-0.2, 0) is 47.7 Å². The third-order valence-electron chi connectivity index (χ3n) is 16.6. The molecule has 0 spiro atoms. The van der Waals surface area contributed by atoms with E-state index in [0.717, 1.165) is 11.3 Å². The molecule has 66 heavy (non-hydrogen) atoms. The minimum Gasteiger partial charge on any atom is -0.414 e. The number of ether oxygens (including phenoxy) is 4. The fourth-order valence-electron chi connectivity index (χ4n) is 6.80. The Bertz CT molecular complexity index is 1660. The Morgan fingerprint density at radius 3 is 1.30 bits per heavy atom. The summed E-state index contributed by atoms with van der Waals surface area (Å²) in [6.45, 7) is 62.8. The van der Waals surface area contributed by atoms with Crippen molar-refractivity contribution in [3.8, 4) is 0 Å². The minimum absolute atomic E-state index is 0.0254. The number of benzene rings is 1. The van der Waals surface area contributed by atoms with E-state index < -0.39 is 89.9 Å². The maximum atomic E-state index is 7.79. The van der Waals surface area contributed by atoms with Crippen molar-refractivity contribution in [2.75, 3.05) is 12.4 Å². The fraction of sp³-hybridized carbons (Fsp3) is 0.882. The van der Waals surface area contributed by atoms with Crippen molar-refractivity contribution in [1.82, 2.24) is 0 Å². The van der Waals surface area contributed by atoms with Gasteiger partial charge >= 0.3 is 0 Å². The molecule has 0 amide bonds. The molecule has 2 saturated heterocycles. The van der Waals surface area contributed by atoms with Crippen LogP contribution in [-0.4, -0.2) is 115 Å². The Morgan fingerprint density at radius 1 is 0.500 bits per heavy atom. The Hall–Kier alpha value is 0.294. The summed E-state index contributed by atoms with van der Waals surface area (Å²) >= 11 is 1.76. The average molecular weight is 1030 g/mol. The normalized spacial score (nSPS) is 28.5. The van der Waals surface area contributed by atoms with Gasteiger partial charge in [0, 0.05) is 0 Å². The van der Waals surface area contributed by atoms with Crippen LogP contribution >= 0.6 is 11.8 Å². The molecular formula is C51H102O9SSi5. The number of hydrogen-bond donors (Lipinski definition) is 0. The summed E-state index contributed by atoms with van der Waals surface area (Å²) in [5.74, 6) is 0.819. The number of hydrogen-bond acceptors (Lipinski definition) is 10. The van der Waals surface area contributed by atoms with Crippen LogP contribution in [0.3, 0.4) is 0 Å². The van der Waals surface area contributed by atoms with Crippen LogP contribution in [0.15, 0.2) is 30.3 Å². The molecule has 0 saturated carbocycles. The SMILES string of the molecule is CCS[C@@H]1O[C@H](CO[Si](C)(C)C(C)(C)C)[C@@H](O[Si](C)(C)C(C)(C)C)[C@H](O[Si](C)(C)C(C)(C)C)[C@H]1O[C@@H]1O[C@@H](C)[C@H](OCc2ccccc2)[C@@H](O[Si](C)(C)C(C)(C)C)[C@H]1O[Si](C)(C)C(C)(C)C. The van der Waals surface area contributed by atoms with Crippen LogP contribution in [0.1, 0.15) is 123 Å². The van der Waals surface area contributed by atoms with Gasteiger partial charge in [-0.05, 0) is 109 Å². The molecule has 0 bridgehead atoms. The molecule has 386 valence electrons. The monoisotopic (exact) mass is 1030 g/mol. The highest BCUT2D eigenvalue weighted by Gasteiger charge is 2.59. The average Bonchev–Trinajstić information content (AvgIpc) is 3.12. The molecule has 2 heterocycles. The molecule has 0 N–H and O–H groups in total. The van der Waals surface area contributed by atoms with E-state index >= 15 is 0 Å². The highest BCUT2D eigenvalue weighted by atomic mass is 32.2. The number of rotatable bonds is 18. The molecule has 2 fully saturated rings. The van der Waals surface area contributed by atoms with E-state index in [2.05, 4.69) is 207 Å². The third-order valence-corrected chi connectivity index (χ3v) is 40.0. The molecule has 2 aliphatic heterocycles. The van der Waals surface area contributed by atoms with Crippen molar-refractivity contribution in [2.45, 2.75) is 276 Å². The molecular weight excluding hydrogens is 929 g/mol. The third kappa shape index (κ3) is 14.9. The molecule has 0 aromatic heterocycles. The van der Waals surface area contributed by atoms with Crippen molar-refractivity contribution in [3.63, 3.8) is 0 Å². The van der Waals surface area contributed by atoms with Gasteiger partial charge in [-0.2, -0.15) is 0 Å². The van der Waals surface area contributed by atoms with Crippen LogP contribution in [0.25, 0.3) is 0 Å². The first-order valence-electron chi connectivity index (χ1n) is 25.1. The lowest BCUT2D eigenvalue weighted by molar-refractivity contribution is -0.327. The van der Waals surface area contributed by atoms with E-state index in [9.17, 15) is 0 Å². The zero-order valence-electron chi connectivity index (χ0n) is 47.4. The zero-order chi connectivity index (χ0) is 51.1. The quantitative estimate of drug-likeness (QED) is 0.133. The van der Waals surface area contributed by atoms with Gasteiger partial charge in [-0.3, -0.25) is 0 Å². The topological polar surface area (TPSA) is 83.1 Å². The van der Waals surface area contributed by atoms with E-state index in [1.807, 2.05) is 6.07 Å². The molecule has 0 radical (unpaired) electrons. The van der Waals surface area contributed by atoms with Crippen molar-refractivity contribution >= 4 is 53.3 Å². The first-order valence-corrected chi connectivity index (χ1v) is 40.7. The summed E-state index contributed by atoms with van der Waals surface area (Å²) in [5, 5.41) is -0.318. The molecule has 10 atom stereocenters. The van der Waals surface area contributed by atoms with Crippen LogP contribution < -0.4 is 0 Å². The molecule has 2 aliphatic rings. The predicted octanol–water partition coefficient (Wildman–Crippen LogP) is 14.8. The van der Waals surface area contributed by atoms with E-state index in [0.29, 0.717) is 13.2 Å². The highest BCUT2D eigenvalue weighted by molar-refractivity contribution is 7.99. The Labute approximate surface area is 416 Å². The minimum atomic E-state index is -2.51. The summed E-state index contributed by atoms with van der Waals surface area (Å²) in [6, 6.07) is 10.4. The van der Waals surface area contributed by atoms with Gasteiger partial charge in [0.15, 0.2) is 47.9 Å². The lowest BCUT2D eigenvalue weighted by Crippen LogP contribution is -2.69. The molecule has 0 aliphatic carbocycles. The molecule has 3 rings (SSSR count). The fourth-order valence-corrected chi connectivity index (χ4v) is 14.0. The van der Waals surface area contributed by atoms with E-state index in [4.69, 9.17) is 41.1 Å². The molecule has 0 unspecified atom stereocenters. The largest absolute Gasteiger partial charge is 0.414 e. The zero-order valence-corrected chi connectivity index (χ0v) is 53.2. The summed E-state index contributed by atoms with van der Waals surface area (Å²) in [5.41, 5.74) is 0.691. The van der Waals surface area contributed by atoms with Gasteiger partial charge in [0.1, 0.15) is 48.2 Å². The van der Waals surface area contributed by atoms with Gasteiger partial charge in [-0.25, -0.2) is 0 Å². The second-order valence-electron chi connectivity index (χ2n) is 27.0. The highest BCUT2D eigenvalue weighted by Crippen LogP contribution is 2.48. The first-order chi connectivity index (χ1) is 29.5. The lowest BCUT2D eigenvalue weighted by atomic mass is 9.98. The molecule has 9 nitrogen and oxygen atoms in total. The maximum absolute atomic E-state index is 7.79. The Kier molecular flexibility index (Phi) is 20.0. The summed E-state index contributed by atoms with van der Waals surface area (Å²) in [7, 11) is -12.1. The van der Waals surface area contributed by atoms with Crippen LogP contribution in [0.2, 0.25) is 90.7 Å². The van der Waals surface area contributed by atoms with Gasteiger partial charge in [-0.15, -0.1) is 11.8 Å². The van der Waals surface area contributed by atoms with E-state index in [-0.39, 0.29) is 37.4 Å². The summed E-state index contributed by atoms with van der Waals surface area (Å²) in [4.78, 5) is 0. The summed E-state index contributed by atoms with van der Waals surface area (Å²) < 4.78 is 67.2. The van der Waals surface area contributed by atoms with Crippen molar-refractivity contribution in [1.29, 1.82) is 0 Å². The van der Waals surface area contributed by atoms with Gasteiger partial charge in [-0.1, -0.05) is 141 Å². The lowest BCUT2D eigenvalue weighted by Gasteiger charge is -2.55. The van der Waals surface area contributed by atoms with Crippen molar-refractivity contribution in [3.05, 3.63) is 35.9 Å². The molecule has 1 aromatic carbocycles. The van der Waals surface area contributed by atoms with Crippen LogP contribution in [0, 0.1) is 0 Å². The Morgan fingerprint density at radius 2 is 0.894 bits per heavy atom. The van der Waals surface area contributed by atoms with Crippen LogP contribution in [0.5, 0.6) is 0 Å². The Balaban J connectivity index is 2.38. The molecule has 1 aromatic rings.